The molecular weight excluding hydrogens is 2020 g/mol. The minimum Gasteiger partial charge on any atom is -0.756 e. The summed E-state index contributed by atoms with van der Waals surface area (Å²) < 4.78 is 199. The van der Waals surface area contributed by atoms with E-state index in [1.165, 1.54) is 44.0 Å². The van der Waals surface area contributed by atoms with Gasteiger partial charge in [0.05, 0.1) is 63.8 Å². The fourth-order valence-corrected chi connectivity index (χ4v) is 23.6. The van der Waals surface area contributed by atoms with Crippen LogP contribution >= 0.6 is 118 Å². The van der Waals surface area contributed by atoms with Gasteiger partial charge < -0.3 is 146 Å². The van der Waals surface area contributed by atoms with Gasteiger partial charge in [-0.05, 0) is 57.7 Å². The SMILES string of the molecule is Cc1nc(=S)c2ncn(C3OC(COP(=O)([O-])OP(=O)([O-])OP(=O)([O-])O)C4OC(C(=O)NCc5cc(C)n(C)n5)OC43)c2[nH]1.Cc1nc(=S)c2ncn(C3OC(COP(=O)([O-])OP(=O)([O-])OP(=O)([O-])O)C4OC(C(=O)NCc5cnn(C)c5)OC43)c2[nH]1.Cc1nc(=S)c2ncn(C3OC(COP(=O)([O-])OP(=O)([O-])OP(=O)([O-])O)C4OC(C(=O)NCc5sccc5C)OC43)c2[nH]1. The number of hydrogen-bond acceptors (Lipinski definition) is 51. The van der Waals surface area contributed by atoms with Gasteiger partial charge in [-0.3, -0.25) is 78.5 Å². The number of hydrogen-bond donors (Lipinski definition) is 9. The Balaban J connectivity index is 0.000000166. The number of carbonyl (C=O) groups is 3. The van der Waals surface area contributed by atoms with Crippen LogP contribution in [0.4, 0.5) is 0 Å². The minimum absolute atomic E-state index is 0.0404. The van der Waals surface area contributed by atoms with Gasteiger partial charge in [0.15, 0.2) is 32.6 Å². The zero-order chi connectivity index (χ0) is 94.8. The molecule has 61 nitrogen and oxygen atoms in total. The molecule has 0 aromatic carbocycles. The summed E-state index contributed by atoms with van der Waals surface area (Å²) in [5, 5.41) is 18.1. The molecule has 24 atom stereocenters. The van der Waals surface area contributed by atoms with Gasteiger partial charge in [0.1, 0.15) is 106 Å². The molecule has 0 spiro atoms. The fourth-order valence-electron chi connectivity index (χ4n) is 13.2. The van der Waals surface area contributed by atoms with Crippen LogP contribution < -0.4 is 60.0 Å². The Bertz CT molecular complexity index is 6450. The highest BCUT2D eigenvalue weighted by Gasteiger charge is 2.59. The molecule has 9 aromatic rings. The molecule has 0 aliphatic carbocycles. The van der Waals surface area contributed by atoms with Crippen molar-refractivity contribution in [1.82, 2.24) is 94.1 Å². The number of aryl methyl sites for hydroxylation is 7. The molecule has 6 aliphatic rings. The molecule has 6 fully saturated rings. The number of nitrogens with one attached hydrogen (secondary N) is 6. The summed E-state index contributed by atoms with van der Waals surface area (Å²) in [6, 6.07) is 3.65. The normalized spacial score (nSPS) is 27.7. The first-order valence-corrected chi connectivity index (χ1v) is 51.5. The zero-order valence-electron chi connectivity index (χ0n) is 66.3. The van der Waals surface area contributed by atoms with E-state index in [0.717, 1.165) is 16.1 Å². The molecule has 714 valence electrons. The van der Waals surface area contributed by atoms with Gasteiger partial charge in [0, 0.05) is 43.0 Å². The molecule has 6 saturated heterocycles. The third kappa shape index (κ3) is 25.3. The summed E-state index contributed by atoms with van der Waals surface area (Å²) in [6.45, 7) is 6.13. The van der Waals surface area contributed by atoms with Gasteiger partial charge >= 0.3 is 0 Å². The molecule has 130 heavy (non-hydrogen) atoms. The van der Waals surface area contributed by atoms with Gasteiger partial charge in [-0.25, -0.2) is 55.8 Å². The second-order valence-corrected chi connectivity index (χ2v) is 42.8. The molecule has 3 amide bonds. The maximum absolute atomic E-state index is 13.0. The third-order valence-corrected chi connectivity index (χ3v) is 31.3. The summed E-state index contributed by atoms with van der Waals surface area (Å²) in [5.41, 5.74) is 5.05. The first-order valence-electron chi connectivity index (χ1n) is 36.2. The Morgan fingerprint density at radius 1 is 0.477 bits per heavy atom. The summed E-state index contributed by atoms with van der Waals surface area (Å²) >= 11 is 17.2. The molecular formula is C56H65N19O42P9S4-9. The predicted molar refractivity (Wildman–Crippen MR) is 410 cm³/mol. The van der Waals surface area contributed by atoms with Crippen molar-refractivity contribution in [2.75, 3.05) is 19.8 Å². The van der Waals surface area contributed by atoms with Crippen LogP contribution in [0.25, 0.3) is 33.5 Å². The topological polar surface area (TPSA) is 850 Å². The number of aromatic nitrogens is 16. The molecule has 9 N–H and O–H groups in total. The number of phosphoric ester groups is 3. The van der Waals surface area contributed by atoms with E-state index in [4.69, 9.17) is 94.0 Å². The lowest BCUT2D eigenvalue weighted by Crippen LogP contribution is -2.37. The van der Waals surface area contributed by atoms with E-state index in [0.29, 0.717) is 62.2 Å². The van der Waals surface area contributed by atoms with Gasteiger partial charge in [-0.15, -0.1) is 11.3 Å². The van der Waals surface area contributed by atoms with E-state index in [9.17, 15) is 99.5 Å². The molecule has 15 rings (SSSR count). The molecule has 6 aliphatic heterocycles. The van der Waals surface area contributed by atoms with Gasteiger partial charge in [0.2, 0.25) is 18.9 Å². The fraction of sp³-hybridized carbons (Fsp3) is 0.500. The third-order valence-electron chi connectivity index (χ3n) is 18.3. The second kappa shape index (κ2) is 39.4. The molecule has 0 bridgehead atoms. The van der Waals surface area contributed by atoms with E-state index in [-0.39, 0.29) is 33.6 Å². The largest absolute Gasteiger partial charge is 0.756 e. The van der Waals surface area contributed by atoms with Crippen LogP contribution in [0.2, 0.25) is 0 Å². The highest BCUT2D eigenvalue weighted by Crippen LogP contribution is 2.64. The number of ether oxygens (including phenoxy) is 9. The van der Waals surface area contributed by atoms with Crippen LogP contribution in [0.15, 0.2) is 48.9 Å². The first-order chi connectivity index (χ1) is 60.4. The second-order valence-electron chi connectivity index (χ2n) is 27.8. The van der Waals surface area contributed by atoms with Gasteiger partial charge in [-0.1, -0.05) is 36.7 Å². The Morgan fingerprint density at radius 2 is 0.808 bits per heavy atom. The molecule has 0 saturated carbocycles. The van der Waals surface area contributed by atoms with E-state index in [1.54, 1.807) is 62.7 Å². The summed E-state index contributed by atoms with van der Waals surface area (Å²) in [5.74, 6) is -0.696. The van der Waals surface area contributed by atoms with Crippen LogP contribution in [-0.2, 0) is 171 Å². The lowest BCUT2D eigenvalue weighted by molar-refractivity contribution is -0.254. The Hall–Kier alpha value is -6.29. The van der Waals surface area contributed by atoms with E-state index in [2.05, 4.69) is 110 Å². The van der Waals surface area contributed by atoms with Crippen LogP contribution in [-0.4, -0.2) is 204 Å². The van der Waals surface area contributed by atoms with Crippen molar-refractivity contribution < 1.29 is 196 Å². The van der Waals surface area contributed by atoms with Gasteiger partial charge in [0.25, 0.3) is 88.1 Å². The smallest absolute Gasteiger partial charge is 0.280 e. The van der Waals surface area contributed by atoms with Gasteiger partial charge in [-0.2, -0.15) is 10.2 Å². The number of aromatic amines is 3. The average molecular weight is 2080 g/mol. The van der Waals surface area contributed by atoms with E-state index < -0.39 is 200 Å². The summed E-state index contributed by atoms with van der Waals surface area (Å²) in [4.78, 5) is 203. The van der Waals surface area contributed by atoms with Crippen LogP contribution in [0, 0.1) is 48.5 Å². The van der Waals surface area contributed by atoms with Crippen LogP contribution in [0.1, 0.15) is 63.5 Å². The quantitative estimate of drug-likeness (QED) is 0.0145. The number of amides is 3. The van der Waals surface area contributed by atoms with Crippen LogP contribution in [0.5, 0.6) is 0 Å². The number of rotatable bonds is 33. The highest BCUT2D eigenvalue weighted by molar-refractivity contribution is 7.72. The summed E-state index contributed by atoms with van der Waals surface area (Å²) in [6.07, 6.45) is -11.2. The number of thiophene rings is 1. The summed E-state index contributed by atoms with van der Waals surface area (Å²) in [7, 11) is -50.2. The van der Waals surface area contributed by atoms with Crippen molar-refractivity contribution in [1.29, 1.82) is 0 Å². The number of phosphoric acid groups is 9. The number of carbonyl (C=O) groups excluding carboxylic acids is 3. The van der Waals surface area contributed by atoms with Crippen molar-refractivity contribution in [2.45, 2.75) is 147 Å². The van der Waals surface area contributed by atoms with Crippen LogP contribution in [0.3, 0.4) is 0 Å². The molecule has 24 unspecified atom stereocenters. The number of fused-ring (bicyclic) bond motifs is 6. The van der Waals surface area contributed by atoms with E-state index >= 15 is 0 Å². The zero-order valence-corrected chi connectivity index (χ0v) is 77.6. The molecule has 9 aromatic heterocycles. The van der Waals surface area contributed by atoms with Crippen molar-refractivity contribution in [3.05, 3.63) is 108 Å². The van der Waals surface area contributed by atoms with E-state index in [1.807, 2.05) is 25.3 Å². The number of nitrogens with zero attached hydrogens (tertiary/aromatic N) is 13. The maximum atomic E-state index is 13.0. The van der Waals surface area contributed by atoms with Crippen molar-refractivity contribution in [3.8, 4) is 0 Å². The maximum Gasteiger partial charge on any atom is 0.280 e. The Morgan fingerprint density at radius 3 is 1.11 bits per heavy atom. The molecule has 0 radical (unpaired) electrons. The predicted octanol–water partition coefficient (Wildman–Crippen LogP) is -3.15. The monoisotopic (exact) mass is 2080 g/mol. The first kappa shape index (κ1) is 101. The van der Waals surface area contributed by atoms with Crippen molar-refractivity contribution in [2.24, 2.45) is 14.1 Å². The lowest BCUT2D eigenvalue weighted by Gasteiger charge is -2.33. The van der Waals surface area contributed by atoms with Crippen molar-refractivity contribution in [3.63, 3.8) is 0 Å². The Labute approximate surface area is 744 Å². The number of H-pyrrole nitrogens is 3. The highest BCUT2D eigenvalue weighted by atomic mass is 32.1. The number of imidazole rings is 3. The average Bonchev–Trinajstić information content (AvgIpc) is 1.60. The standard InChI is InChI=1S/C19H26N7O14P3S.C19H24N5O14P3S2.C18H24N7O14P3S/c1-8-4-10(24-25(8)3)5-20-16(27)19-37-13-11(6-35-42(31,32)40-43(33,34)39-41(28,29)30)36-18(14(13)38-19)26-7-21-12-15(26)22-9(2)23-17(12)44;1-8-3-4-43-11(8)5-20-16(25)19-35-13-10(6-33-40(29,30)38-41(31,32)37-39(26,27)28)34-18(14(13)36-19)24-7-21-12-15(24)22-9(2)23-17(12)42;1-8-22-14-11(16(43)23-8)20-7-25(14)17-13-12(36-18(37-13)15(26)19-3-9-4-21-24(2)5-9)10(35-17)6-34-41(30,31)39-42(32,33)38-40(27,28)29/h4,7,11,13-14,18-19H,5-6H2,1-3H3,(H,20,27)(H,31,32)(H,33,34)(H,22,23,44)(H2,28,29,30);3-4,7,10,13-14,18-19H,5-6H2,1-2H3,(H,20,25)(H,29,30)(H,31,32)(H,22,23,42)(H2,26,27,28);4-5,7,10,12-13,17-18H,3,6H2,1-2H3,(H,19,26)(H,30,31)(H,32,33)(H,22,23,43)(H2,27,28,29)/p-9. The molecule has 74 heteroatoms. The molecule has 15 heterocycles. The minimum atomic E-state index is -6.13. The lowest BCUT2D eigenvalue weighted by atomic mass is 10.1. The van der Waals surface area contributed by atoms with Crippen molar-refractivity contribution >= 4 is 170 Å². The Kier molecular flexibility index (Phi) is 30.7.